The van der Waals surface area contributed by atoms with Crippen LogP contribution in [-0.2, 0) is 9.53 Å². The van der Waals surface area contributed by atoms with Gasteiger partial charge in [0.25, 0.3) is 0 Å². The van der Waals surface area contributed by atoms with Crippen LogP contribution >= 0.6 is 0 Å². The van der Waals surface area contributed by atoms with Crippen molar-refractivity contribution >= 4 is 5.97 Å². The van der Waals surface area contributed by atoms with E-state index in [1.54, 1.807) is 7.11 Å². The maximum atomic E-state index is 11.1. The lowest BCUT2D eigenvalue weighted by molar-refractivity contribution is -0.299. The highest BCUT2D eigenvalue weighted by Gasteiger charge is 2.18. The van der Waals surface area contributed by atoms with Crippen molar-refractivity contribution in [2.75, 3.05) is 7.11 Å². The van der Waals surface area contributed by atoms with Crippen LogP contribution in [-0.4, -0.2) is 18.7 Å². The van der Waals surface area contributed by atoms with Crippen LogP contribution in [0, 0.1) is 5.92 Å². The number of rotatable bonds is 9. The number of hydrogen-bond donors (Lipinski definition) is 0. The van der Waals surface area contributed by atoms with Crippen LogP contribution in [0.4, 0.5) is 0 Å². The van der Waals surface area contributed by atoms with Crippen LogP contribution in [0.15, 0.2) is 22.8 Å². The van der Waals surface area contributed by atoms with E-state index in [1.165, 1.54) is 12.0 Å². The van der Waals surface area contributed by atoms with Crippen molar-refractivity contribution in [1.82, 2.24) is 0 Å². The second-order valence-corrected chi connectivity index (χ2v) is 7.11. The Hall–Kier alpha value is -1.09. The number of carboxylic acid groups (broad SMARTS) is 1. The Kier molecular flexibility index (Phi) is 7.34. The van der Waals surface area contributed by atoms with Gasteiger partial charge in [-0.25, -0.2) is 0 Å². The molecule has 0 aromatic carbocycles. The molecule has 1 rings (SSSR count). The molecule has 0 N–H and O–H groups in total. The third kappa shape index (κ3) is 5.96. The fraction of sp³-hybridized carbons (Fsp3) is 0.737. The molecule has 0 aromatic heterocycles. The predicted octanol–water partition coefficient (Wildman–Crippen LogP) is 3.78. The predicted molar refractivity (Wildman–Crippen MR) is 88.4 cm³/mol. The highest BCUT2D eigenvalue weighted by molar-refractivity contribution is 5.86. The van der Waals surface area contributed by atoms with Crippen LogP contribution in [0.25, 0.3) is 0 Å². The number of aliphatic carboxylic acids is 1. The van der Waals surface area contributed by atoms with E-state index in [9.17, 15) is 9.90 Å². The molecule has 0 radical (unpaired) electrons. The first-order valence-electron chi connectivity index (χ1n) is 8.47. The summed E-state index contributed by atoms with van der Waals surface area (Å²) >= 11 is 0. The Bertz CT molecular complexity index is 444. The Morgan fingerprint density at radius 1 is 1.41 bits per heavy atom. The van der Waals surface area contributed by atoms with Gasteiger partial charge < -0.3 is 14.6 Å². The summed E-state index contributed by atoms with van der Waals surface area (Å²) in [5, 5.41) is 11.1. The van der Waals surface area contributed by atoms with E-state index in [4.69, 9.17) is 4.74 Å². The average Bonchev–Trinajstić information content (AvgIpc) is 2.87. The summed E-state index contributed by atoms with van der Waals surface area (Å²) in [5.74, 6) is -0.379. The average molecular weight is 307 g/mol. The molecule has 0 saturated heterocycles. The summed E-state index contributed by atoms with van der Waals surface area (Å²) in [6.45, 7) is 8.41. The number of carbonyl (C=O) groups is 1. The first-order valence-corrected chi connectivity index (χ1v) is 8.47. The maximum absolute atomic E-state index is 11.1. The van der Waals surface area contributed by atoms with Crippen LogP contribution in [0.3, 0.4) is 0 Å². The van der Waals surface area contributed by atoms with Crippen LogP contribution in [0.2, 0.25) is 0 Å². The summed E-state index contributed by atoms with van der Waals surface area (Å²) < 4.78 is 5.45. The molecule has 0 saturated carbocycles. The summed E-state index contributed by atoms with van der Waals surface area (Å²) in [5.41, 5.74) is 2.81. The Morgan fingerprint density at radius 3 is 2.64 bits per heavy atom. The van der Waals surface area contributed by atoms with Gasteiger partial charge in [-0.05, 0) is 63.0 Å². The topological polar surface area (TPSA) is 49.4 Å². The molecule has 3 nitrogen and oxygen atoms in total. The zero-order valence-corrected chi connectivity index (χ0v) is 14.8. The lowest BCUT2D eigenvalue weighted by Gasteiger charge is -2.23. The number of allylic oxidation sites excluding steroid dienone is 3. The third-order valence-electron chi connectivity index (χ3n) is 4.72. The van der Waals surface area contributed by atoms with Gasteiger partial charge in [0.1, 0.15) is 0 Å². The first-order chi connectivity index (χ1) is 10.3. The van der Waals surface area contributed by atoms with Gasteiger partial charge in [-0.2, -0.15) is 0 Å². The molecule has 1 atom stereocenters. The summed E-state index contributed by atoms with van der Waals surface area (Å²) in [6.07, 6.45) is 8.99. The van der Waals surface area contributed by atoms with Gasteiger partial charge in [-0.15, -0.1) is 0 Å². The normalized spacial score (nSPS) is 19.0. The molecule has 0 heterocycles. The van der Waals surface area contributed by atoms with Gasteiger partial charge in [0.2, 0.25) is 0 Å². The Balaban J connectivity index is 2.49. The quantitative estimate of drug-likeness (QED) is 0.609. The molecule has 1 aliphatic carbocycles. The molecule has 126 valence electrons. The van der Waals surface area contributed by atoms with E-state index >= 15 is 0 Å². The van der Waals surface area contributed by atoms with Crippen molar-refractivity contribution in [3.05, 3.63) is 22.8 Å². The van der Waals surface area contributed by atoms with Crippen molar-refractivity contribution in [3.8, 4) is 0 Å². The van der Waals surface area contributed by atoms with Gasteiger partial charge in [0, 0.05) is 7.11 Å². The van der Waals surface area contributed by atoms with Gasteiger partial charge >= 0.3 is 0 Å². The third-order valence-corrected chi connectivity index (χ3v) is 4.72. The second-order valence-electron chi connectivity index (χ2n) is 7.11. The molecule has 1 aliphatic rings. The van der Waals surface area contributed by atoms with E-state index in [-0.39, 0.29) is 5.60 Å². The lowest BCUT2D eigenvalue weighted by atomic mass is 9.92. The summed E-state index contributed by atoms with van der Waals surface area (Å²) in [7, 11) is 1.77. The number of hydrogen-bond acceptors (Lipinski definition) is 3. The molecular formula is C19H31O3-. The van der Waals surface area contributed by atoms with Gasteiger partial charge in [0.05, 0.1) is 11.6 Å². The number of methoxy groups -OCH3 is 1. The van der Waals surface area contributed by atoms with Gasteiger partial charge in [0.15, 0.2) is 0 Å². The monoisotopic (exact) mass is 307 g/mol. The lowest BCUT2D eigenvalue weighted by Crippen LogP contribution is -2.25. The largest absolute Gasteiger partial charge is 0.545 e. The molecule has 0 fully saturated rings. The summed E-state index contributed by atoms with van der Waals surface area (Å²) in [4.78, 5) is 11.1. The van der Waals surface area contributed by atoms with E-state index in [1.807, 2.05) is 6.92 Å². The molecule has 1 unspecified atom stereocenters. The van der Waals surface area contributed by atoms with Crippen LogP contribution < -0.4 is 5.11 Å². The Morgan fingerprint density at radius 2 is 2.09 bits per heavy atom. The summed E-state index contributed by atoms with van der Waals surface area (Å²) in [6, 6.07) is 0. The minimum Gasteiger partial charge on any atom is -0.545 e. The molecule has 0 spiro atoms. The van der Waals surface area contributed by atoms with Crippen molar-refractivity contribution in [3.63, 3.8) is 0 Å². The van der Waals surface area contributed by atoms with E-state index in [0.29, 0.717) is 17.9 Å². The van der Waals surface area contributed by atoms with E-state index in [2.05, 4.69) is 26.8 Å². The zero-order valence-electron chi connectivity index (χ0n) is 14.8. The van der Waals surface area contributed by atoms with E-state index < -0.39 is 5.97 Å². The van der Waals surface area contributed by atoms with Crippen LogP contribution in [0.1, 0.15) is 72.6 Å². The van der Waals surface area contributed by atoms with Crippen LogP contribution in [0.5, 0.6) is 0 Å². The number of carbonyl (C=O) groups excluding carboxylic acids is 1. The van der Waals surface area contributed by atoms with Crippen molar-refractivity contribution in [1.29, 1.82) is 0 Å². The number of ether oxygens (including phenoxy) is 1. The standard InChI is InChI=1S/C19H32O3/c1-6-17(18(20)21)16-10-9-15(13-16)12-14(2)8-7-11-19(3,4)22-5/h13-14H,6-12H2,1-5H3,(H,20,21)/p-1/b17-16+. The van der Waals surface area contributed by atoms with Crippen molar-refractivity contribution in [2.24, 2.45) is 5.92 Å². The molecule has 0 aliphatic heterocycles. The highest BCUT2D eigenvalue weighted by atomic mass is 16.5. The van der Waals surface area contributed by atoms with Gasteiger partial charge in [-0.3, -0.25) is 0 Å². The van der Waals surface area contributed by atoms with E-state index in [0.717, 1.165) is 37.7 Å². The molecular weight excluding hydrogens is 276 g/mol. The smallest absolute Gasteiger partial charge is 0.0677 e. The Labute approximate surface area is 135 Å². The molecule has 3 heteroatoms. The minimum atomic E-state index is -1.01. The number of carboxylic acids is 1. The fourth-order valence-electron chi connectivity index (χ4n) is 3.12. The van der Waals surface area contributed by atoms with Crippen molar-refractivity contribution < 1.29 is 14.6 Å². The highest BCUT2D eigenvalue weighted by Crippen LogP contribution is 2.32. The zero-order chi connectivity index (χ0) is 16.8. The molecule has 0 bridgehead atoms. The maximum Gasteiger partial charge on any atom is 0.0677 e. The van der Waals surface area contributed by atoms with Gasteiger partial charge in [-0.1, -0.05) is 38.3 Å². The van der Waals surface area contributed by atoms with Crippen molar-refractivity contribution in [2.45, 2.75) is 78.2 Å². The molecule has 22 heavy (non-hydrogen) atoms. The minimum absolute atomic E-state index is 0.0350. The fourth-order valence-corrected chi connectivity index (χ4v) is 3.12. The second kappa shape index (κ2) is 8.52. The SMILES string of the molecule is CC/C(C(=O)[O-])=C1\C=C(CC(C)CCCC(C)(C)OC)CC1. The molecule has 0 amide bonds. The first kappa shape index (κ1) is 19.0. The molecule has 0 aromatic rings.